The standard InChI is InChI=1S/C16H21N3OS3/c1-4-5-11-21-15-17-18-16(23-15)22-12(2)14(20)19(3)13-9-7-6-8-10-13/h6-10,12H,4-5,11H2,1-3H3. The Labute approximate surface area is 150 Å². The first-order valence-corrected chi connectivity index (χ1v) is 10.3. The van der Waals surface area contributed by atoms with E-state index in [1.165, 1.54) is 24.6 Å². The fourth-order valence-electron chi connectivity index (χ4n) is 1.86. The van der Waals surface area contributed by atoms with Gasteiger partial charge in [0.25, 0.3) is 0 Å². The van der Waals surface area contributed by atoms with Crippen LogP contribution in [0, 0.1) is 0 Å². The molecule has 0 radical (unpaired) electrons. The Balaban J connectivity index is 1.90. The lowest BCUT2D eigenvalue weighted by Crippen LogP contribution is -2.33. The van der Waals surface area contributed by atoms with Crippen LogP contribution in [0.2, 0.25) is 0 Å². The van der Waals surface area contributed by atoms with Gasteiger partial charge in [-0.05, 0) is 25.5 Å². The van der Waals surface area contributed by atoms with Crippen LogP contribution in [0.25, 0.3) is 0 Å². The van der Waals surface area contributed by atoms with Crippen molar-refractivity contribution in [3.05, 3.63) is 30.3 Å². The molecule has 0 aliphatic rings. The second-order valence-corrected chi connectivity index (χ2v) is 8.94. The molecular formula is C16H21N3OS3. The number of hydrogen-bond donors (Lipinski definition) is 0. The van der Waals surface area contributed by atoms with E-state index >= 15 is 0 Å². The largest absolute Gasteiger partial charge is 0.315 e. The number of hydrogen-bond acceptors (Lipinski definition) is 6. The molecule has 0 N–H and O–H groups in total. The molecule has 2 aromatic rings. The first kappa shape index (κ1) is 18.3. The third-order valence-electron chi connectivity index (χ3n) is 3.21. The third kappa shape index (κ3) is 5.51. The topological polar surface area (TPSA) is 46.1 Å². The van der Waals surface area contributed by atoms with E-state index in [4.69, 9.17) is 0 Å². The number of unbranched alkanes of at least 4 members (excludes halogenated alkanes) is 1. The molecule has 0 spiro atoms. The molecule has 23 heavy (non-hydrogen) atoms. The first-order valence-electron chi connectivity index (χ1n) is 7.57. The summed E-state index contributed by atoms with van der Waals surface area (Å²) in [5.41, 5.74) is 0.901. The van der Waals surface area contributed by atoms with E-state index in [1.54, 1.807) is 35.0 Å². The van der Waals surface area contributed by atoms with Crippen LogP contribution in [0.4, 0.5) is 5.69 Å². The Bertz CT molecular complexity index is 618. The molecule has 7 heteroatoms. The van der Waals surface area contributed by atoms with E-state index in [2.05, 4.69) is 17.1 Å². The molecular weight excluding hydrogens is 346 g/mol. The minimum absolute atomic E-state index is 0.0663. The van der Waals surface area contributed by atoms with Crippen LogP contribution in [-0.4, -0.2) is 34.2 Å². The number of anilines is 1. The van der Waals surface area contributed by atoms with Gasteiger partial charge >= 0.3 is 0 Å². The van der Waals surface area contributed by atoms with Gasteiger partial charge in [0.15, 0.2) is 8.68 Å². The molecule has 0 fully saturated rings. The van der Waals surface area contributed by atoms with E-state index in [0.29, 0.717) is 0 Å². The lowest BCUT2D eigenvalue weighted by Gasteiger charge is -2.20. The van der Waals surface area contributed by atoms with Crippen molar-refractivity contribution >= 4 is 46.5 Å². The maximum atomic E-state index is 12.5. The van der Waals surface area contributed by atoms with E-state index in [9.17, 15) is 4.79 Å². The molecule has 0 aliphatic carbocycles. The molecule has 1 aromatic heterocycles. The zero-order valence-corrected chi connectivity index (χ0v) is 16.0. The molecule has 0 bridgehead atoms. The van der Waals surface area contributed by atoms with Crippen molar-refractivity contribution in [3.63, 3.8) is 0 Å². The molecule has 0 saturated carbocycles. The fraction of sp³-hybridized carbons (Fsp3) is 0.438. The maximum Gasteiger partial charge on any atom is 0.240 e. The van der Waals surface area contributed by atoms with Gasteiger partial charge in [-0.15, -0.1) is 10.2 Å². The zero-order valence-electron chi connectivity index (χ0n) is 13.6. The van der Waals surface area contributed by atoms with Gasteiger partial charge in [-0.25, -0.2) is 0 Å². The van der Waals surface area contributed by atoms with Crippen molar-refractivity contribution in [1.29, 1.82) is 0 Å². The third-order valence-corrected chi connectivity index (χ3v) is 6.53. The normalized spacial score (nSPS) is 12.1. The summed E-state index contributed by atoms with van der Waals surface area (Å²) in [6.07, 6.45) is 2.37. The summed E-state index contributed by atoms with van der Waals surface area (Å²) in [6, 6.07) is 9.67. The Morgan fingerprint density at radius 2 is 1.96 bits per heavy atom. The predicted molar refractivity (Wildman–Crippen MR) is 101 cm³/mol. The Hall–Kier alpha value is -1.05. The molecule has 1 aromatic carbocycles. The van der Waals surface area contributed by atoms with E-state index in [1.807, 2.05) is 37.3 Å². The second-order valence-electron chi connectivity index (χ2n) is 5.03. The Morgan fingerprint density at radius 3 is 2.65 bits per heavy atom. The summed E-state index contributed by atoms with van der Waals surface area (Å²) >= 11 is 4.79. The Kier molecular flexibility index (Phi) is 7.39. The van der Waals surface area contributed by atoms with Gasteiger partial charge in [0.1, 0.15) is 0 Å². The van der Waals surface area contributed by atoms with Crippen molar-refractivity contribution in [2.45, 2.75) is 40.6 Å². The smallest absolute Gasteiger partial charge is 0.240 e. The first-order chi connectivity index (χ1) is 11.1. The van der Waals surface area contributed by atoms with Crippen LogP contribution in [-0.2, 0) is 4.79 Å². The molecule has 0 aliphatic heterocycles. The van der Waals surface area contributed by atoms with E-state index < -0.39 is 0 Å². The zero-order chi connectivity index (χ0) is 16.7. The van der Waals surface area contributed by atoms with Crippen molar-refractivity contribution in [2.24, 2.45) is 0 Å². The van der Waals surface area contributed by atoms with Crippen molar-refractivity contribution in [3.8, 4) is 0 Å². The monoisotopic (exact) mass is 367 g/mol. The summed E-state index contributed by atoms with van der Waals surface area (Å²) in [4.78, 5) is 14.2. The SMILES string of the molecule is CCCCSc1nnc(SC(C)C(=O)N(C)c2ccccc2)s1. The lowest BCUT2D eigenvalue weighted by molar-refractivity contribution is -0.117. The van der Waals surface area contributed by atoms with Gasteiger partial charge in [-0.2, -0.15) is 0 Å². The quantitative estimate of drug-likeness (QED) is 0.505. The van der Waals surface area contributed by atoms with Crippen LogP contribution in [0.15, 0.2) is 39.0 Å². The molecule has 2 rings (SSSR count). The van der Waals surface area contributed by atoms with Crippen LogP contribution in [0.1, 0.15) is 26.7 Å². The van der Waals surface area contributed by atoms with Gasteiger partial charge in [-0.3, -0.25) is 4.79 Å². The van der Waals surface area contributed by atoms with Crippen molar-refractivity contribution in [1.82, 2.24) is 10.2 Å². The number of para-hydroxylation sites is 1. The van der Waals surface area contributed by atoms with Crippen molar-refractivity contribution in [2.75, 3.05) is 17.7 Å². The van der Waals surface area contributed by atoms with Crippen molar-refractivity contribution < 1.29 is 4.79 Å². The van der Waals surface area contributed by atoms with E-state index in [-0.39, 0.29) is 11.2 Å². The molecule has 1 amide bonds. The van der Waals surface area contributed by atoms with Crippen LogP contribution < -0.4 is 4.90 Å². The summed E-state index contributed by atoms with van der Waals surface area (Å²) in [7, 11) is 1.81. The fourth-order valence-corrected chi connectivity index (χ4v) is 5.27. The number of rotatable bonds is 8. The number of carbonyl (C=O) groups excluding carboxylic acids is 1. The average molecular weight is 368 g/mol. The van der Waals surface area contributed by atoms with Gasteiger partial charge in [0.2, 0.25) is 5.91 Å². The van der Waals surface area contributed by atoms with Gasteiger partial charge in [0.05, 0.1) is 5.25 Å². The summed E-state index contributed by atoms with van der Waals surface area (Å²) in [6.45, 7) is 4.09. The Morgan fingerprint density at radius 1 is 1.26 bits per heavy atom. The minimum Gasteiger partial charge on any atom is -0.315 e. The number of carbonyl (C=O) groups is 1. The molecule has 1 unspecified atom stereocenters. The lowest BCUT2D eigenvalue weighted by atomic mass is 10.3. The summed E-state index contributed by atoms with van der Waals surface area (Å²) < 4.78 is 1.84. The predicted octanol–water partition coefficient (Wildman–Crippen LogP) is 4.57. The highest BCUT2D eigenvalue weighted by atomic mass is 32.2. The van der Waals surface area contributed by atoms with E-state index in [0.717, 1.165) is 20.1 Å². The summed E-state index contributed by atoms with van der Waals surface area (Å²) in [5, 5.41) is 8.19. The highest BCUT2D eigenvalue weighted by molar-refractivity contribution is 8.03. The molecule has 4 nitrogen and oxygen atoms in total. The van der Waals surface area contributed by atoms with Crippen LogP contribution in [0.5, 0.6) is 0 Å². The van der Waals surface area contributed by atoms with Gasteiger partial charge in [0, 0.05) is 18.5 Å². The number of amides is 1. The number of benzene rings is 1. The number of thioether (sulfide) groups is 2. The molecule has 1 atom stereocenters. The molecule has 1 heterocycles. The second kappa shape index (κ2) is 9.30. The highest BCUT2D eigenvalue weighted by Gasteiger charge is 2.21. The van der Waals surface area contributed by atoms with Gasteiger partial charge < -0.3 is 4.90 Å². The minimum atomic E-state index is -0.193. The van der Waals surface area contributed by atoms with Gasteiger partial charge in [-0.1, -0.05) is 66.4 Å². The molecule has 0 saturated heterocycles. The average Bonchev–Trinajstić information content (AvgIpc) is 3.02. The highest BCUT2D eigenvalue weighted by Crippen LogP contribution is 2.32. The number of nitrogens with zero attached hydrogens (tertiary/aromatic N) is 3. The maximum absolute atomic E-state index is 12.5. The van der Waals surface area contributed by atoms with Crippen LogP contribution >= 0.6 is 34.9 Å². The molecule has 124 valence electrons. The number of aromatic nitrogens is 2. The summed E-state index contributed by atoms with van der Waals surface area (Å²) in [5.74, 6) is 1.14. The van der Waals surface area contributed by atoms with Crippen LogP contribution in [0.3, 0.4) is 0 Å².